The van der Waals surface area contributed by atoms with Crippen LogP contribution in [0.2, 0.25) is 0 Å². The molecule has 0 aliphatic rings. The highest BCUT2D eigenvalue weighted by molar-refractivity contribution is 5.87. The van der Waals surface area contributed by atoms with Crippen LogP contribution >= 0.6 is 0 Å². The van der Waals surface area contributed by atoms with E-state index >= 15 is 0 Å². The molecule has 0 bridgehead atoms. The van der Waals surface area contributed by atoms with E-state index in [-0.39, 0.29) is 18.9 Å². The smallest absolute Gasteiger partial charge is 0.239 e. The van der Waals surface area contributed by atoms with Crippen molar-refractivity contribution in [2.75, 3.05) is 13.1 Å². The Balaban J connectivity index is 2.77. The predicted molar refractivity (Wildman–Crippen MR) is 78.0 cm³/mol. The average molecular weight is 292 g/mol. The summed E-state index contributed by atoms with van der Waals surface area (Å²) in [6.07, 6.45) is 0. The molecule has 1 unspecified atom stereocenters. The minimum atomic E-state index is -0.860. The van der Waals surface area contributed by atoms with Gasteiger partial charge in [0.05, 0.1) is 25.2 Å². The van der Waals surface area contributed by atoms with Crippen LogP contribution in [0.25, 0.3) is 0 Å². The fraction of sp³-hybridized carbons (Fsp3) is 0.357. The Hall–Kier alpha value is -2.25. The highest BCUT2D eigenvalue weighted by atomic mass is 16.2. The van der Waals surface area contributed by atoms with Crippen LogP contribution < -0.4 is 22.1 Å². The first-order valence-electron chi connectivity index (χ1n) is 6.52. The second kappa shape index (κ2) is 8.13. The van der Waals surface area contributed by atoms with Crippen molar-refractivity contribution in [1.29, 1.82) is 0 Å². The van der Waals surface area contributed by atoms with Gasteiger partial charge in [0.15, 0.2) is 0 Å². The van der Waals surface area contributed by atoms with Gasteiger partial charge in [-0.1, -0.05) is 30.3 Å². The Bertz CT molecular complexity index is 504. The van der Waals surface area contributed by atoms with Crippen LogP contribution in [0, 0.1) is 0 Å². The summed E-state index contributed by atoms with van der Waals surface area (Å²) in [5, 5.41) is 5.01. The number of hydrogen-bond acceptors (Lipinski definition) is 5. The van der Waals surface area contributed by atoms with Crippen molar-refractivity contribution in [2.24, 2.45) is 11.5 Å². The van der Waals surface area contributed by atoms with Gasteiger partial charge in [0.1, 0.15) is 5.78 Å². The Kier molecular flexibility index (Phi) is 6.51. The Morgan fingerprint density at radius 3 is 2.29 bits per heavy atom. The lowest BCUT2D eigenvalue weighted by molar-refractivity contribution is -0.126. The van der Waals surface area contributed by atoms with Crippen molar-refractivity contribution in [3.63, 3.8) is 0 Å². The van der Waals surface area contributed by atoms with Gasteiger partial charge in [-0.2, -0.15) is 0 Å². The number of carbonyl (C=O) groups excluding carboxylic acids is 3. The first kappa shape index (κ1) is 16.8. The molecule has 6 N–H and O–H groups in total. The van der Waals surface area contributed by atoms with Crippen LogP contribution in [0.4, 0.5) is 0 Å². The highest BCUT2D eigenvalue weighted by Gasteiger charge is 2.25. The van der Waals surface area contributed by atoms with E-state index < -0.39 is 23.9 Å². The minimum Gasteiger partial charge on any atom is -0.346 e. The number of nitrogens with two attached hydrogens (primary N) is 2. The zero-order valence-corrected chi connectivity index (χ0v) is 11.8. The maximum Gasteiger partial charge on any atom is 0.239 e. The molecular formula is C14H20N4O3. The van der Waals surface area contributed by atoms with Gasteiger partial charge >= 0.3 is 0 Å². The summed E-state index contributed by atoms with van der Waals surface area (Å²) < 4.78 is 0. The molecule has 1 aromatic rings. The standard InChI is InChI=1S/C14H20N4O3/c1-9(19)13(16)14(10-5-3-2-4-6-10)18-12(21)8-17-11(20)7-15/h2-6,13-14H,7-8,15-16H2,1H3,(H,17,20)(H,18,21)/t13?,14-/m0/s1. The second-order valence-electron chi connectivity index (χ2n) is 4.57. The molecule has 114 valence electrons. The molecule has 0 aliphatic heterocycles. The predicted octanol–water partition coefficient (Wildman–Crippen LogP) is -1.16. The lowest BCUT2D eigenvalue weighted by Gasteiger charge is -2.24. The number of ketones is 1. The molecule has 2 atom stereocenters. The normalized spacial score (nSPS) is 13.1. The van der Waals surface area contributed by atoms with E-state index in [0.29, 0.717) is 0 Å². The Morgan fingerprint density at radius 2 is 1.76 bits per heavy atom. The van der Waals surface area contributed by atoms with Crippen LogP contribution in [-0.2, 0) is 14.4 Å². The molecule has 2 amide bonds. The third kappa shape index (κ3) is 5.33. The molecule has 0 fully saturated rings. The monoisotopic (exact) mass is 292 g/mol. The largest absolute Gasteiger partial charge is 0.346 e. The first-order valence-corrected chi connectivity index (χ1v) is 6.52. The number of Topliss-reactive ketones (excluding diaryl/α,β-unsaturated/α-hetero) is 1. The minimum absolute atomic E-state index is 0.192. The quantitative estimate of drug-likeness (QED) is 0.504. The van der Waals surface area contributed by atoms with Crippen molar-refractivity contribution in [3.05, 3.63) is 35.9 Å². The van der Waals surface area contributed by atoms with E-state index in [2.05, 4.69) is 10.6 Å². The summed E-state index contributed by atoms with van der Waals surface area (Å²) >= 11 is 0. The summed E-state index contributed by atoms with van der Waals surface area (Å²) in [5.74, 6) is -1.12. The summed E-state index contributed by atoms with van der Waals surface area (Å²) in [4.78, 5) is 34.3. The summed E-state index contributed by atoms with van der Waals surface area (Å²) in [7, 11) is 0. The van der Waals surface area contributed by atoms with E-state index in [1.54, 1.807) is 24.3 Å². The number of benzene rings is 1. The molecule has 1 aromatic carbocycles. The molecule has 0 radical (unpaired) electrons. The van der Waals surface area contributed by atoms with Gasteiger partial charge in [0.25, 0.3) is 0 Å². The molecule has 0 aliphatic carbocycles. The van der Waals surface area contributed by atoms with Gasteiger partial charge in [-0.25, -0.2) is 0 Å². The van der Waals surface area contributed by atoms with E-state index in [9.17, 15) is 14.4 Å². The summed E-state index contributed by atoms with van der Waals surface area (Å²) in [6.45, 7) is 0.954. The van der Waals surface area contributed by atoms with Crippen molar-refractivity contribution >= 4 is 17.6 Å². The average Bonchev–Trinajstić information content (AvgIpc) is 2.50. The van der Waals surface area contributed by atoms with Gasteiger partial charge in [-0.3, -0.25) is 14.4 Å². The molecule has 0 saturated heterocycles. The highest BCUT2D eigenvalue weighted by Crippen LogP contribution is 2.16. The third-order valence-electron chi connectivity index (χ3n) is 2.94. The number of carbonyl (C=O) groups is 3. The molecule has 21 heavy (non-hydrogen) atoms. The summed E-state index contributed by atoms with van der Waals surface area (Å²) in [6, 6.07) is 7.43. The molecular weight excluding hydrogens is 272 g/mol. The van der Waals surface area contributed by atoms with Crippen molar-refractivity contribution in [1.82, 2.24) is 10.6 Å². The van der Waals surface area contributed by atoms with Gasteiger partial charge in [-0.05, 0) is 12.5 Å². The van der Waals surface area contributed by atoms with E-state index in [4.69, 9.17) is 11.5 Å². The van der Waals surface area contributed by atoms with Gasteiger partial charge < -0.3 is 22.1 Å². The van der Waals surface area contributed by atoms with Crippen LogP contribution in [-0.4, -0.2) is 36.7 Å². The van der Waals surface area contributed by atoms with Crippen molar-refractivity contribution < 1.29 is 14.4 Å². The van der Waals surface area contributed by atoms with Crippen LogP contribution in [0.3, 0.4) is 0 Å². The molecule has 0 spiro atoms. The van der Waals surface area contributed by atoms with Crippen LogP contribution in [0.1, 0.15) is 18.5 Å². The van der Waals surface area contributed by atoms with Gasteiger partial charge in [0, 0.05) is 0 Å². The number of hydrogen-bond donors (Lipinski definition) is 4. The lowest BCUT2D eigenvalue weighted by atomic mass is 9.97. The first-order chi connectivity index (χ1) is 9.95. The molecule has 0 saturated carbocycles. The van der Waals surface area contributed by atoms with E-state index in [1.807, 2.05) is 6.07 Å². The fourth-order valence-electron chi connectivity index (χ4n) is 1.75. The molecule has 7 nitrogen and oxygen atoms in total. The molecule has 1 rings (SSSR count). The molecule has 0 heterocycles. The van der Waals surface area contributed by atoms with Crippen molar-refractivity contribution in [3.8, 4) is 0 Å². The van der Waals surface area contributed by atoms with E-state index in [0.717, 1.165) is 5.56 Å². The SMILES string of the molecule is CC(=O)C(N)[C@@H](NC(=O)CNC(=O)CN)c1ccccc1. The maximum atomic E-state index is 11.8. The van der Waals surface area contributed by atoms with Crippen LogP contribution in [0.5, 0.6) is 0 Å². The number of rotatable bonds is 7. The number of amides is 2. The Morgan fingerprint density at radius 1 is 1.14 bits per heavy atom. The number of nitrogens with one attached hydrogen (secondary N) is 2. The zero-order valence-electron chi connectivity index (χ0n) is 11.8. The topological polar surface area (TPSA) is 127 Å². The third-order valence-corrected chi connectivity index (χ3v) is 2.94. The van der Waals surface area contributed by atoms with Gasteiger partial charge in [0.2, 0.25) is 11.8 Å². The lowest BCUT2D eigenvalue weighted by Crippen LogP contribution is -2.47. The van der Waals surface area contributed by atoms with Crippen LogP contribution in [0.15, 0.2) is 30.3 Å². The summed E-state index contributed by atoms with van der Waals surface area (Å²) in [5.41, 5.74) is 11.7. The zero-order chi connectivity index (χ0) is 15.8. The van der Waals surface area contributed by atoms with Crippen molar-refractivity contribution in [2.45, 2.75) is 19.0 Å². The fourth-order valence-corrected chi connectivity index (χ4v) is 1.75. The molecule has 0 aromatic heterocycles. The second-order valence-corrected chi connectivity index (χ2v) is 4.57. The Labute approximate surface area is 123 Å². The van der Waals surface area contributed by atoms with E-state index in [1.165, 1.54) is 6.92 Å². The molecule has 7 heteroatoms. The maximum absolute atomic E-state index is 11.8. The van der Waals surface area contributed by atoms with Gasteiger partial charge in [-0.15, -0.1) is 0 Å².